The molecule has 1 aliphatic heterocycles. The van der Waals surface area contributed by atoms with Crippen LogP contribution in [-0.2, 0) is 0 Å². The van der Waals surface area contributed by atoms with Gasteiger partial charge in [-0.1, -0.05) is 24.3 Å². The lowest BCUT2D eigenvalue weighted by atomic mass is 9.99. The first-order chi connectivity index (χ1) is 13.1. The van der Waals surface area contributed by atoms with E-state index in [4.69, 9.17) is 5.73 Å². The largest absolute Gasteiger partial charge is 0.383 e. The Kier molecular flexibility index (Phi) is 4.77. The maximum Gasteiger partial charge on any atom is 0.251 e. The molecule has 5 nitrogen and oxygen atoms in total. The van der Waals surface area contributed by atoms with Crippen molar-refractivity contribution in [3.05, 3.63) is 60.3 Å². The number of amides is 1. The molecule has 4 rings (SSSR count). The third-order valence-electron chi connectivity index (χ3n) is 5.31. The average Bonchev–Trinajstić information content (AvgIpc) is 2.70. The molecular weight excluding hydrogens is 336 g/mol. The minimum Gasteiger partial charge on any atom is -0.383 e. The number of hydrogen-bond donors (Lipinski definition) is 2. The summed E-state index contributed by atoms with van der Waals surface area (Å²) in [4.78, 5) is 19.2. The molecule has 1 saturated heterocycles. The van der Waals surface area contributed by atoms with E-state index in [1.807, 2.05) is 42.5 Å². The Labute approximate surface area is 159 Å². The number of carbonyl (C=O) groups excluding carboxylic acids is 1. The summed E-state index contributed by atoms with van der Waals surface area (Å²) in [5.74, 6) is 0.513. The second kappa shape index (κ2) is 7.37. The van der Waals surface area contributed by atoms with Crippen LogP contribution in [0.1, 0.15) is 23.2 Å². The van der Waals surface area contributed by atoms with Crippen LogP contribution in [0.2, 0.25) is 0 Å². The van der Waals surface area contributed by atoms with Crippen LogP contribution in [-0.4, -0.2) is 42.0 Å². The molecule has 1 aromatic heterocycles. The maximum absolute atomic E-state index is 12.7. The van der Waals surface area contributed by atoms with E-state index in [2.05, 4.69) is 28.3 Å². The van der Waals surface area contributed by atoms with E-state index in [0.717, 1.165) is 47.8 Å². The van der Waals surface area contributed by atoms with Gasteiger partial charge >= 0.3 is 0 Å². The normalized spacial score (nSPS) is 15.7. The predicted molar refractivity (Wildman–Crippen MR) is 110 cm³/mol. The summed E-state index contributed by atoms with van der Waals surface area (Å²) in [5.41, 5.74) is 8.72. The first-order valence-electron chi connectivity index (χ1n) is 9.34. The number of hydrogen-bond acceptors (Lipinski definition) is 4. The molecule has 1 aliphatic rings. The number of benzene rings is 2. The Hall–Kier alpha value is -2.92. The lowest BCUT2D eigenvalue weighted by molar-refractivity contribution is 0.0917. The molecule has 27 heavy (non-hydrogen) atoms. The van der Waals surface area contributed by atoms with Crippen LogP contribution >= 0.6 is 0 Å². The highest BCUT2D eigenvalue weighted by molar-refractivity contribution is 5.97. The van der Waals surface area contributed by atoms with Gasteiger partial charge < -0.3 is 16.0 Å². The number of anilines is 1. The second-order valence-corrected chi connectivity index (χ2v) is 7.26. The Bertz CT molecular complexity index is 977. The van der Waals surface area contributed by atoms with Gasteiger partial charge in [-0.05, 0) is 73.8 Å². The zero-order valence-corrected chi connectivity index (χ0v) is 15.5. The first-order valence-corrected chi connectivity index (χ1v) is 9.34. The monoisotopic (exact) mass is 360 g/mol. The van der Waals surface area contributed by atoms with Gasteiger partial charge in [0.1, 0.15) is 5.82 Å². The van der Waals surface area contributed by atoms with Gasteiger partial charge in [0.15, 0.2) is 0 Å². The smallest absolute Gasteiger partial charge is 0.251 e. The first kappa shape index (κ1) is 17.5. The molecule has 5 heteroatoms. The number of rotatable bonds is 3. The summed E-state index contributed by atoms with van der Waals surface area (Å²) in [7, 11) is 2.12. The lowest BCUT2D eigenvalue weighted by Crippen LogP contribution is -2.43. The summed E-state index contributed by atoms with van der Waals surface area (Å²) in [5, 5.41) is 5.16. The fourth-order valence-corrected chi connectivity index (χ4v) is 3.63. The van der Waals surface area contributed by atoms with Crippen molar-refractivity contribution in [1.29, 1.82) is 0 Å². The van der Waals surface area contributed by atoms with Gasteiger partial charge in [-0.2, -0.15) is 0 Å². The van der Waals surface area contributed by atoms with E-state index >= 15 is 0 Å². The SMILES string of the molecule is CN1CCC(NC(=O)c2cccc(-c3ccc4ccnc(N)c4c3)c2)CC1. The molecule has 3 aromatic rings. The summed E-state index contributed by atoms with van der Waals surface area (Å²) in [6, 6.07) is 16.1. The van der Waals surface area contributed by atoms with Crippen molar-refractivity contribution in [3.63, 3.8) is 0 Å². The van der Waals surface area contributed by atoms with Crippen LogP contribution in [0, 0.1) is 0 Å². The number of carbonyl (C=O) groups is 1. The Morgan fingerprint density at radius 1 is 1.11 bits per heavy atom. The van der Waals surface area contributed by atoms with Crippen molar-refractivity contribution in [2.75, 3.05) is 25.9 Å². The zero-order valence-electron chi connectivity index (χ0n) is 15.5. The lowest BCUT2D eigenvalue weighted by Gasteiger charge is -2.29. The van der Waals surface area contributed by atoms with Crippen molar-refractivity contribution in [3.8, 4) is 11.1 Å². The molecule has 1 amide bonds. The average molecular weight is 360 g/mol. The standard InChI is InChI=1S/C22H24N4O/c1-26-11-8-19(9-12-26)25-22(27)18-4-2-3-16(13-18)17-6-5-15-7-10-24-21(23)20(15)14-17/h2-7,10,13-14,19H,8-9,11-12H2,1H3,(H2,23,24)(H,25,27). The maximum atomic E-state index is 12.7. The third-order valence-corrected chi connectivity index (χ3v) is 5.31. The van der Waals surface area contributed by atoms with Gasteiger partial charge in [0.25, 0.3) is 5.91 Å². The zero-order chi connectivity index (χ0) is 18.8. The number of pyridine rings is 1. The van der Waals surface area contributed by atoms with Crippen LogP contribution in [0.5, 0.6) is 0 Å². The third kappa shape index (κ3) is 3.78. The molecule has 3 N–H and O–H groups in total. The molecule has 0 bridgehead atoms. The number of nitrogens with one attached hydrogen (secondary N) is 1. The highest BCUT2D eigenvalue weighted by Gasteiger charge is 2.19. The highest BCUT2D eigenvalue weighted by atomic mass is 16.1. The Morgan fingerprint density at radius 3 is 2.70 bits per heavy atom. The van der Waals surface area contributed by atoms with E-state index < -0.39 is 0 Å². The molecule has 138 valence electrons. The number of likely N-dealkylation sites (tertiary alicyclic amines) is 1. The van der Waals surface area contributed by atoms with Crippen LogP contribution in [0.15, 0.2) is 54.7 Å². The van der Waals surface area contributed by atoms with Gasteiger partial charge in [-0.25, -0.2) is 4.98 Å². The molecule has 0 saturated carbocycles. The van der Waals surface area contributed by atoms with Gasteiger partial charge in [0.05, 0.1) is 0 Å². The van der Waals surface area contributed by atoms with E-state index in [9.17, 15) is 4.79 Å². The molecule has 0 unspecified atom stereocenters. The van der Waals surface area contributed by atoms with Crippen molar-refractivity contribution in [2.45, 2.75) is 18.9 Å². The van der Waals surface area contributed by atoms with Gasteiger partial charge in [-0.15, -0.1) is 0 Å². The number of fused-ring (bicyclic) bond motifs is 1. The molecule has 2 aromatic carbocycles. The minimum atomic E-state index is -0.00614. The molecule has 0 aliphatic carbocycles. The number of nitrogens with two attached hydrogens (primary N) is 1. The molecule has 2 heterocycles. The number of piperidine rings is 1. The van der Waals surface area contributed by atoms with E-state index in [-0.39, 0.29) is 11.9 Å². The second-order valence-electron chi connectivity index (χ2n) is 7.26. The van der Waals surface area contributed by atoms with E-state index in [1.165, 1.54) is 0 Å². The Balaban J connectivity index is 1.57. The number of nitrogens with zero attached hydrogens (tertiary/aromatic N) is 2. The predicted octanol–water partition coefficient (Wildman–Crippen LogP) is 3.31. The summed E-state index contributed by atoms with van der Waals surface area (Å²) >= 11 is 0. The number of nitrogen functional groups attached to an aromatic ring is 1. The fraction of sp³-hybridized carbons (Fsp3) is 0.273. The van der Waals surface area contributed by atoms with Gasteiger partial charge in [0, 0.05) is 23.2 Å². The molecule has 0 spiro atoms. The Morgan fingerprint density at radius 2 is 1.89 bits per heavy atom. The van der Waals surface area contributed by atoms with Crippen molar-refractivity contribution >= 4 is 22.5 Å². The van der Waals surface area contributed by atoms with Gasteiger partial charge in [0.2, 0.25) is 0 Å². The van der Waals surface area contributed by atoms with Gasteiger partial charge in [-0.3, -0.25) is 4.79 Å². The number of aromatic nitrogens is 1. The summed E-state index contributed by atoms with van der Waals surface area (Å²) < 4.78 is 0. The van der Waals surface area contributed by atoms with Crippen LogP contribution in [0.3, 0.4) is 0 Å². The van der Waals surface area contributed by atoms with Crippen molar-refractivity contribution in [2.24, 2.45) is 0 Å². The van der Waals surface area contributed by atoms with Crippen molar-refractivity contribution < 1.29 is 4.79 Å². The van der Waals surface area contributed by atoms with Crippen LogP contribution in [0.25, 0.3) is 21.9 Å². The summed E-state index contributed by atoms with van der Waals surface area (Å²) in [6.07, 6.45) is 3.71. The highest BCUT2D eigenvalue weighted by Crippen LogP contribution is 2.27. The quantitative estimate of drug-likeness (QED) is 0.752. The van der Waals surface area contributed by atoms with E-state index in [0.29, 0.717) is 11.4 Å². The van der Waals surface area contributed by atoms with Crippen LogP contribution < -0.4 is 11.1 Å². The summed E-state index contributed by atoms with van der Waals surface area (Å²) in [6.45, 7) is 2.05. The minimum absolute atomic E-state index is 0.00614. The topological polar surface area (TPSA) is 71.2 Å². The molecule has 0 atom stereocenters. The molecule has 1 fully saturated rings. The fourth-order valence-electron chi connectivity index (χ4n) is 3.63. The van der Waals surface area contributed by atoms with Crippen LogP contribution in [0.4, 0.5) is 5.82 Å². The molecule has 0 radical (unpaired) electrons. The molecular formula is C22H24N4O. The van der Waals surface area contributed by atoms with Crippen molar-refractivity contribution in [1.82, 2.24) is 15.2 Å². The van der Waals surface area contributed by atoms with E-state index in [1.54, 1.807) is 6.20 Å².